The summed E-state index contributed by atoms with van der Waals surface area (Å²) < 4.78 is 5.57. The molecule has 0 saturated carbocycles. The van der Waals surface area contributed by atoms with Crippen molar-refractivity contribution >= 4 is 23.0 Å². The van der Waals surface area contributed by atoms with Gasteiger partial charge in [-0.1, -0.05) is 18.2 Å². The maximum Gasteiger partial charge on any atom is 0.246 e. The van der Waals surface area contributed by atoms with Gasteiger partial charge in [-0.3, -0.25) is 4.79 Å². The van der Waals surface area contributed by atoms with E-state index in [-0.39, 0.29) is 5.91 Å². The topological polar surface area (TPSA) is 57.2 Å². The molecule has 0 aliphatic heterocycles. The van der Waals surface area contributed by atoms with Crippen LogP contribution in [-0.2, 0) is 4.79 Å². The molecule has 1 aromatic carbocycles. The van der Waals surface area contributed by atoms with Gasteiger partial charge in [-0.05, 0) is 18.2 Å². The van der Waals surface area contributed by atoms with Crippen molar-refractivity contribution in [3.63, 3.8) is 0 Å². The second-order valence-corrected chi connectivity index (χ2v) is 4.19. The van der Waals surface area contributed by atoms with E-state index in [0.717, 1.165) is 11.0 Å². The molecule has 0 radical (unpaired) electrons. The molecule has 0 spiro atoms. The predicted molar refractivity (Wildman–Crippen MR) is 73.1 cm³/mol. The van der Waals surface area contributed by atoms with Gasteiger partial charge >= 0.3 is 0 Å². The van der Waals surface area contributed by atoms with E-state index in [9.17, 15) is 4.79 Å². The Balaban J connectivity index is 2.05. The zero-order valence-corrected chi connectivity index (χ0v) is 10.7. The molecule has 4 heteroatoms. The van der Waals surface area contributed by atoms with Crippen LogP contribution >= 0.6 is 0 Å². The SMILES string of the molecule is CN(CCC#N)C(=O)/C=C/c1cc2ccccc2o1. The Morgan fingerprint density at radius 1 is 1.47 bits per heavy atom. The van der Waals surface area contributed by atoms with Crippen molar-refractivity contribution in [2.75, 3.05) is 13.6 Å². The van der Waals surface area contributed by atoms with E-state index >= 15 is 0 Å². The molecule has 96 valence electrons. The van der Waals surface area contributed by atoms with Crippen LogP contribution in [0.5, 0.6) is 0 Å². The predicted octanol–water partition coefficient (Wildman–Crippen LogP) is 2.82. The van der Waals surface area contributed by atoms with E-state index in [4.69, 9.17) is 9.68 Å². The number of hydrogen-bond acceptors (Lipinski definition) is 3. The molecule has 0 atom stereocenters. The molecule has 2 rings (SSSR count). The van der Waals surface area contributed by atoms with Crippen LogP contribution in [0.1, 0.15) is 12.2 Å². The molecular weight excluding hydrogens is 240 g/mol. The van der Waals surface area contributed by atoms with Crippen LogP contribution < -0.4 is 0 Å². The van der Waals surface area contributed by atoms with Crippen molar-refractivity contribution in [2.24, 2.45) is 0 Å². The first kappa shape index (κ1) is 12.9. The van der Waals surface area contributed by atoms with Gasteiger partial charge in [-0.25, -0.2) is 0 Å². The molecule has 1 amide bonds. The summed E-state index contributed by atoms with van der Waals surface area (Å²) in [4.78, 5) is 13.2. The van der Waals surface area contributed by atoms with Crippen LogP contribution in [-0.4, -0.2) is 24.4 Å². The summed E-state index contributed by atoms with van der Waals surface area (Å²) in [5.41, 5.74) is 0.799. The molecule has 0 aliphatic rings. The number of benzene rings is 1. The lowest BCUT2D eigenvalue weighted by atomic mass is 10.2. The number of likely N-dealkylation sites (N-methyl/N-ethyl adjacent to an activating group) is 1. The summed E-state index contributed by atoms with van der Waals surface area (Å²) in [6.07, 6.45) is 3.43. The third-order valence-corrected chi connectivity index (χ3v) is 2.77. The van der Waals surface area contributed by atoms with Gasteiger partial charge in [0.2, 0.25) is 5.91 Å². The normalized spacial score (nSPS) is 10.7. The highest BCUT2D eigenvalue weighted by Gasteiger charge is 2.05. The molecule has 2 aromatic rings. The van der Waals surface area contributed by atoms with Crippen LogP contribution in [0.3, 0.4) is 0 Å². The summed E-state index contributed by atoms with van der Waals surface area (Å²) in [5.74, 6) is 0.499. The van der Waals surface area contributed by atoms with Gasteiger partial charge in [0, 0.05) is 25.1 Å². The second kappa shape index (κ2) is 5.87. The number of nitrogens with zero attached hydrogens (tertiary/aromatic N) is 2. The smallest absolute Gasteiger partial charge is 0.246 e. The molecule has 0 fully saturated rings. The number of rotatable bonds is 4. The molecule has 1 heterocycles. The molecule has 0 bridgehead atoms. The summed E-state index contributed by atoms with van der Waals surface area (Å²) in [7, 11) is 1.67. The van der Waals surface area contributed by atoms with Crippen molar-refractivity contribution in [3.8, 4) is 6.07 Å². The Morgan fingerprint density at radius 3 is 3.00 bits per heavy atom. The molecule has 0 aliphatic carbocycles. The Labute approximate surface area is 111 Å². The summed E-state index contributed by atoms with van der Waals surface area (Å²) in [6.45, 7) is 0.430. The summed E-state index contributed by atoms with van der Waals surface area (Å²) in [6, 6.07) is 11.6. The molecule has 1 aromatic heterocycles. The number of hydrogen-bond donors (Lipinski definition) is 0. The lowest BCUT2D eigenvalue weighted by Gasteiger charge is -2.11. The minimum atomic E-state index is -0.143. The van der Waals surface area contributed by atoms with Crippen LogP contribution in [0.15, 0.2) is 40.8 Å². The largest absolute Gasteiger partial charge is 0.457 e. The third-order valence-electron chi connectivity index (χ3n) is 2.77. The molecule has 0 N–H and O–H groups in total. The molecular formula is C15H14N2O2. The van der Waals surface area contributed by atoms with E-state index in [1.54, 1.807) is 13.1 Å². The first-order valence-corrected chi connectivity index (χ1v) is 5.99. The zero-order chi connectivity index (χ0) is 13.7. The number of fused-ring (bicyclic) bond motifs is 1. The van der Waals surface area contributed by atoms with E-state index in [1.165, 1.54) is 11.0 Å². The quantitative estimate of drug-likeness (QED) is 0.788. The highest BCUT2D eigenvalue weighted by Crippen LogP contribution is 2.19. The monoisotopic (exact) mass is 254 g/mol. The van der Waals surface area contributed by atoms with E-state index in [1.807, 2.05) is 36.4 Å². The van der Waals surface area contributed by atoms with E-state index in [2.05, 4.69) is 0 Å². The standard InChI is InChI=1S/C15H14N2O2/c1-17(10-4-9-16)15(18)8-7-13-11-12-5-2-3-6-14(12)19-13/h2-3,5-8,11H,4,10H2,1H3/b8-7+. The number of amides is 1. The van der Waals surface area contributed by atoms with Crippen molar-refractivity contribution < 1.29 is 9.21 Å². The van der Waals surface area contributed by atoms with Crippen molar-refractivity contribution in [3.05, 3.63) is 42.2 Å². The summed E-state index contributed by atoms with van der Waals surface area (Å²) in [5, 5.41) is 9.47. The molecule has 19 heavy (non-hydrogen) atoms. The van der Waals surface area contributed by atoms with Gasteiger partial charge in [0.05, 0.1) is 12.5 Å². The molecule has 0 saturated heterocycles. The van der Waals surface area contributed by atoms with Gasteiger partial charge in [0.25, 0.3) is 0 Å². The number of carbonyl (C=O) groups excluding carboxylic acids is 1. The highest BCUT2D eigenvalue weighted by atomic mass is 16.3. The van der Waals surface area contributed by atoms with Crippen LogP contribution in [0.25, 0.3) is 17.0 Å². The summed E-state index contributed by atoms with van der Waals surface area (Å²) >= 11 is 0. The highest BCUT2D eigenvalue weighted by molar-refractivity contribution is 5.92. The lowest BCUT2D eigenvalue weighted by molar-refractivity contribution is -0.124. The third kappa shape index (κ3) is 3.23. The first-order valence-electron chi connectivity index (χ1n) is 5.99. The Bertz CT molecular complexity index is 616. The Kier molecular flexibility index (Phi) is 3.99. The van der Waals surface area contributed by atoms with Crippen LogP contribution in [0.4, 0.5) is 0 Å². The van der Waals surface area contributed by atoms with E-state index < -0.39 is 0 Å². The Hall–Kier alpha value is -2.54. The van der Waals surface area contributed by atoms with Gasteiger partial charge < -0.3 is 9.32 Å². The average Bonchev–Trinajstić information content (AvgIpc) is 2.84. The maximum absolute atomic E-state index is 11.7. The number of para-hydroxylation sites is 1. The lowest BCUT2D eigenvalue weighted by Crippen LogP contribution is -2.25. The van der Waals surface area contributed by atoms with Crippen LogP contribution in [0.2, 0.25) is 0 Å². The number of furan rings is 1. The Morgan fingerprint density at radius 2 is 2.26 bits per heavy atom. The number of carbonyl (C=O) groups is 1. The van der Waals surface area contributed by atoms with Gasteiger partial charge in [-0.15, -0.1) is 0 Å². The molecule has 4 nitrogen and oxygen atoms in total. The zero-order valence-electron chi connectivity index (χ0n) is 10.7. The van der Waals surface area contributed by atoms with Crippen LogP contribution in [0, 0.1) is 11.3 Å². The fourth-order valence-corrected chi connectivity index (χ4v) is 1.69. The van der Waals surface area contributed by atoms with Gasteiger partial charge in [-0.2, -0.15) is 5.26 Å². The van der Waals surface area contributed by atoms with Gasteiger partial charge in [0.15, 0.2) is 0 Å². The maximum atomic E-state index is 11.7. The minimum absolute atomic E-state index is 0.143. The van der Waals surface area contributed by atoms with E-state index in [0.29, 0.717) is 18.7 Å². The molecule has 0 unspecified atom stereocenters. The van der Waals surface area contributed by atoms with Crippen molar-refractivity contribution in [1.29, 1.82) is 5.26 Å². The fraction of sp³-hybridized carbons (Fsp3) is 0.200. The van der Waals surface area contributed by atoms with Crippen molar-refractivity contribution in [2.45, 2.75) is 6.42 Å². The van der Waals surface area contributed by atoms with Crippen molar-refractivity contribution in [1.82, 2.24) is 4.90 Å². The number of nitriles is 1. The minimum Gasteiger partial charge on any atom is -0.457 e. The first-order chi connectivity index (χ1) is 9.20. The second-order valence-electron chi connectivity index (χ2n) is 4.19. The fourth-order valence-electron chi connectivity index (χ4n) is 1.69. The van der Waals surface area contributed by atoms with Gasteiger partial charge in [0.1, 0.15) is 11.3 Å². The average molecular weight is 254 g/mol.